The Kier molecular flexibility index (Phi) is 5.82. The Labute approximate surface area is 108 Å². The number of likely N-dealkylation sites (N-methyl/N-ethyl adjacent to an activating group) is 1. The molecule has 1 rings (SSSR count). The number of rotatable bonds is 6. The topological polar surface area (TPSA) is 49.8 Å². The van der Waals surface area contributed by atoms with Gasteiger partial charge >= 0.3 is 5.97 Å². The Morgan fingerprint density at radius 2 is 2.00 bits per heavy atom. The average molecular weight is 251 g/mol. The van der Waals surface area contributed by atoms with Gasteiger partial charge in [-0.05, 0) is 26.5 Å². The number of aliphatic hydroxyl groups is 1. The Hall–Kier alpha value is -1.39. The van der Waals surface area contributed by atoms with E-state index in [1.807, 2.05) is 30.3 Å². The third kappa shape index (κ3) is 4.13. The maximum atomic E-state index is 12.0. The molecule has 4 nitrogen and oxygen atoms in total. The number of ether oxygens (including phenoxy) is 1. The molecule has 0 saturated heterocycles. The van der Waals surface area contributed by atoms with Gasteiger partial charge < -0.3 is 9.84 Å². The molecule has 0 fully saturated rings. The number of nitrogens with zero attached hydrogens (tertiary/aromatic N) is 1. The Morgan fingerprint density at radius 1 is 1.39 bits per heavy atom. The van der Waals surface area contributed by atoms with Gasteiger partial charge in [0.2, 0.25) is 0 Å². The number of carbonyl (C=O) groups is 1. The quantitative estimate of drug-likeness (QED) is 0.780. The van der Waals surface area contributed by atoms with Crippen molar-refractivity contribution in [1.29, 1.82) is 0 Å². The van der Waals surface area contributed by atoms with E-state index < -0.39 is 12.1 Å². The summed E-state index contributed by atoms with van der Waals surface area (Å²) >= 11 is 0. The van der Waals surface area contributed by atoms with E-state index in [-0.39, 0.29) is 5.97 Å². The maximum absolute atomic E-state index is 12.0. The molecule has 0 aliphatic rings. The van der Waals surface area contributed by atoms with Crippen molar-refractivity contribution in [2.45, 2.75) is 26.0 Å². The van der Waals surface area contributed by atoms with Crippen LogP contribution in [0, 0.1) is 0 Å². The fourth-order valence-corrected chi connectivity index (χ4v) is 1.95. The molecule has 0 aromatic heterocycles. The summed E-state index contributed by atoms with van der Waals surface area (Å²) in [6, 6.07) is 8.98. The van der Waals surface area contributed by atoms with E-state index in [4.69, 9.17) is 4.74 Å². The summed E-state index contributed by atoms with van der Waals surface area (Å²) in [5.41, 5.74) is 0.874. The van der Waals surface area contributed by atoms with Gasteiger partial charge in [-0.1, -0.05) is 30.3 Å². The van der Waals surface area contributed by atoms with E-state index in [2.05, 4.69) is 0 Å². The molecule has 0 amide bonds. The highest BCUT2D eigenvalue weighted by Gasteiger charge is 2.26. The van der Waals surface area contributed by atoms with Crippen molar-refractivity contribution in [3.63, 3.8) is 0 Å². The monoisotopic (exact) mass is 251 g/mol. The van der Waals surface area contributed by atoms with Crippen LogP contribution in [-0.2, 0) is 9.53 Å². The second-order valence-corrected chi connectivity index (χ2v) is 4.35. The highest BCUT2D eigenvalue weighted by atomic mass is 16.5. The summed E-state index contributed by atoms with van der Waals surface area (Å²) in [6.45, 7) is 4.25. The van der Waals surface area contributed by atoms with Crippen LogP contribution in [-0.4, -0.2) is 42.3 Å². The van der Waals surface area contributed by atoms with Gasteiger partial charge in [0.25, 0.3) is 0 Å². The number of carbonyl (C=O) groups excluding carboxylic acids is 1. The van der Waals surface area contributed by atoms with E-state index in [1.54, 1.807) is 25.8 Å². The zero-order valence-corrected chi connectivity index (χ0v) is 11.2. The van der Waals surface area contributed by atoms with Crippen LogP contribution >= 0.6 is 0 Å². The lowest BCUT2D eigenvalue weighted by atomic mass is 10.1. The van der Waals surface area contributed by atoms with Crippen LogP contribution in [0.4, 0.5) is 0 Å². The molecule has 18 heavy (non-hydrogen) atoms. The van der Waals surface area contributed by atoms with Gasteiger partial charge in [-0.25, -0.2) is 4.79 Å². The highest BCUT2D eigenvalue weighted by molar-refractivity contribution is 5.77. The molecule has 4 heteroatoms. The Bertz CT molecular complexity index is 365. The summed E-state index contributed by atoms with van der Waals surface area (Å²) in [7, 11) is 1.81. The minimum atomic E-state index is -0.490. The number of hydrogen-bond donors (Lipinski definition) is 1. The minimum Gasteiger partial charge on any atom is -0.465 e. The van der Waals surface area contributed by atoms with E-state index in [1.165, 1.54) is 0 Å². The van der Waals surface area contributed by atoms with Crippen LogP contribution in [0.5, 0.6) is 0 Å². The number of hydrogen-bond acceptors (Lipinski definition) is 4. The zero-order valence-electron chi connectivity index (χ0n) is 11.2. The summed E-state index contributed by atoms with van der Waals surface area (Å²) in [6.07, 6.45) is -0.490. The number of aliphatic hydroxyl groups excluding tert-OH is 1. The average Bonchev–Trinajstić information content (AvgIpc) is 2.30. The molecule has 0 bridgehead atoms. The fraction of sp³-hybridized carbons (Fsp3) is 0.500. The molecule has 0 heterocycles. The molecule has 100 valence electrons. The van der Waals surface area contributed by atoms with Crippen molar-refractivity contribution >= 4 is 5.97 Å². The molecule has 0 radical (unpaired) electrons. The summed E-state index contributed by atoms with van der Waals surface area (Å²) in [5.74, 6) is -0.285. The van der Waals surface area contributed by atoms with E-state index in [9.17, 15) is 9.90 Å². The third-order valence-electron chi connectivity index (χ3n) is 2.62. The first-order valence-corrected chi connectivity index (χ1v) is 6.16. The summed E-state index contributed by atoms with van der Waals surface area (Å²) in [5, 5.41) is 9.44. The van der Waals surface area contributed by atoms with E-state index in [0.29, 0.717) is 13.2 Å². The lowest BCUT2D eigenvalue weighted by Gasteiger charge is -2.27. The summed E-state index contributed by atoms with van der Waals surface area (Å²) < 4.78 is 5.10. The van der Waals surface area contributed by atoms with Crippen molar-refractivity contribution in [3.05, 3.63) is 35.9 Å². The molecular formula is C14H21NO3. The number of benzene rings is 1. The van der Waals surface area contributed by atoms with Crippen molar-refractivity contribution in [3.8, 4) is 0 Å². The first kappa shape index (κ1) is 14.7. The lowest BCUT2D eigenvalue weighted by Crippen LogP contribution is -2.36. The van der Waals surface area contributed by atoms with Crippen LogP contribution in [0.1, 0.15) is 25.5 Å². The standard InChI is InChI=1S/C14H21NO3/c1-4-18-14(17)13(15(3)10-11(2)16)12-8-6-5-7-9-12/h5-9,11,13,16H,4,10H2,1-3H3. The third-order valence-corrected chi connectivity index (χ3v) is 2.62. The molecule has 0 spiro atoms. The van der Waals surface area contributed by atoms with Gasteiger partial charge in [0.1, 0.15) is 6.04 Å². The molecule has 1 N–H and O–H groups in total. The second-order valence-electron chi connectivity index (χ2n) is 4.35. The van der Waals surface area contributed by atoms with Crippen LogP contribution in [0.25, 0.3) is 0 Å². The van der Waals surface area contributed by atoms with Gasteiger partial charge in [0.05, 0.1) is 12.7 Å². The smallest absolute Gasteiger partial charge is 0.327 e. The molecular weight excluding hydrogens is 230 g/mol. The van der Waals surface area contributed by atoms with Crippen molar-refractivity contribution in [2.24, 2.45) is 0 Å². The van der Waals surface area contributed by atoms with Crippen LogP contribution in [0.3, 0.4) is 0 Å². The summed E-state index contributed by atoms with van der Waals surface area (Å²) in [4.78, 5) is 13.8. The van der Waals surface area contributed by atoms with Crippen LogP contribution in [0.2, 0.25) is 0 Å². The zero-order chi connectivity index (χ0) is 13.5. The van der Waals surface area contributed by atoms with Gasteiger partial charge in [0, 0.05) is 6.54 Å². The molecule has 0 aliphatic heterocycles. The van der Waals surface area contributed by atoms with Crippen molar-refractivity contribution < 1.29 is 14.6 Å². The van der Waals surface area contributed by atoms with Crippen LogP contribution in [0.15, 0.2) is 30.3 Å². The van der Waals surface area contributed by atoms with Gasteiger partial charge in [-0.3, -0.25) is 4.90 Å². The molecule has 2 unspecified atom stereocenters. The largest absolute Gasteiger partial charge is 0.465 e. The normalized spacial score (nSPS) is 14.3. The predicted molar refractivity (Wildman–Crippen MR) is 70.1 cm³/mol. The van der Waals surface area contributed by atoms with Gasteiger partial charge in [-0.2, -0.15) is 0 Å². The van der Waals surface area contributed by atoms with E-state index in [0.717, 1.165) is 5.56 Å². The fourth-order valence-electron chi connectivity index (χ4n) is 1.95. The predicted octanol–water partition coefficient (Wildman–Crippen LogP) is 1.60. The first-order chi connectivity index (χ1) is 8.56. The SMILES string of the molecule is CCOC(=O)C(c1ccccc1)N(C)CC(C)O. The van der Waals surface area contributed by atoms with Crippen molar-refractivity contribution in [1.82, 2.24) is 4.90 Å². The molecule has 1 aromatic carbocycles. The molecule has 2 atom stereocenters. The van der Waals surface area contributed by atoms with E-state index >= 15 is 0 Å². The van der Waals surface area contributed by atoms with Gasteiger partial charge in [-0.15, -0.1) is 0 Å². The van der Waals surface area contributed by atoms with Crippen molar-refractivity contribution in [2.75, 3.05) is 20.2 Å². The first-order valence-electron chi connectivity index (χ1n) is 6.16. The lowest BCUT2D eigenvalue weighted by molar-refractivity contribution is -0.149. The minimum absolute atomic E-state index is 0.285. The Morgan fingerprint density at radius 3 is 2.50 bits per heavy atom. The highest BCUT2D eigenvalue weighted by Crippen LogP contribution is 2.21. The second kappa shape index (κ2) is 7.13. The van der Waals surface area contributed by atoms with Gasteiger partial charge in [0.15, 0.2) is 0 Å². The maximum Gasteiger partial charge on any atom is 0.327 e. The molecule has 1 aromatic rings. The Balaban J connectivity index is 2.91. The molecule has 0 aliphatic carbocycles. The number of esters is 1. The van der Waals surface area contributed by atoms with Crippen LogP contribution < -0.4 is 0 Å². The molecule has 0 saturated carbocycles.